The van der Waals surface area contributed by atoms with E-state index in [0.29, 0.717) is 7.14 Å². The molecular formula is C59H52I6N6O14. The fourth-order valence-corrected chi connectivity index (χ4v) is 18.3. The minimum atomic E-state index is -0.807. The van der Waals surface area contributed by atoms with E-state index in [1.54, 1.807) is 0 Å². The molecule has 10 rings (SSSR count). The summed E-state index contributed by atoms with van der Waals surface area (Å²) in [7, 11) is 0. The topological polar surface area (TPSA) is 248 Å². The van der Waals surface area contributed by atoms with Crippen LogP contribution in [-0.4, -0.2) is 112 Å². The van der Waals surface area contributed by atoms with Crippen LogP contribution in [0.2, 0.25) is 0 Å². The van der Waals surface area contributed by atoms with E-state index in [2.05, 4.69) is 31.9 Å². The number of hydrogen-bond donors (Lipinski definition) is 6. The number of anilines is 2. The quantitative estimate of drug-likeness (QED) is 0.0390. The third-order valence-corrected chi connectivity index (χ3v) is 20.1. The molecule has 0 spiro atoms. The van der Waals surface area contributed by atoms with Crippen LogP contribution in [-0.2, 0) is 47.5 Å². The maximum Gasteiger partial charge on any atom is 0.253 e. The van der Waals surface area contributed by atoms with Gasteiger partial charge in [0.15, 0.2) is 25.2 Å². The SMILES string of the molecule is O=C(CC(=O)Nc1c(I)c(C(=O)NC2COC(c3ccccc3)OC2)c(I)c(C(=O)NC2COC(c3ccccc3)OC2)c1I)Nc1c(I)c(C(=O)NC2COC(c3ccccc3)OC2)c(I)c(C(=O)NC2COC(c3ccccc3)OC2)c1I. The average molecular weight is 1830 g/mol. The van der Waals surface area contributed by atoms with E-state index in [1.165, 1.54) is 0 Å². The zero-order valence-corrected chi connectivity index (χ0v) is 57.5. The van der Waals surface area contributed by atoms with Crippen LogP contribution >= 0.6 is 136 Å². The third kappa shape index (κ3) is 15.8. The fraction of sp³-hybridized carbons (Fsp3) is 0.288. The van der Waals surface area contributed by atoms with Gasteiger partial charge in [-0.25, -0.2) is 0 Å². The van der Waals surface area contributed by atoms with Crippen molar-refractivity contribution in [2.24, 2.45) is 0 Å². The number of hydrogen-bond acceptors (Lipinski definition) is 14. The molecule has 4 fully saturated rings. The Balaban J connectivity index is 0.885. The van der Waals surface area contributed by atoms with Crippen molar-refractivity contribution in [1.29, 1.82) is 0 Å². The van der Waals surface area contributed by atoms with Gasteiger partial charge in [-0.3, -0.25) is 28.8 Å². The highest BCUT2D eigenvalue weighted by molar-refractivity contribution is 14.1. The van der Waals surface area contributed by atoms with Gasteiger partial charge in [0.2, 0.25) is 11.8 Å². The van der Waals surface area contributed by atoms with Crippen molar-refractivity contribution in [2.45, 2.75) is 55.7 Å². The Bertz CT molecular complexity index is 3000. The first-order valence-electron chi connectivity index (χ1n) is 26.5. The molecule has 0 unspecified atom stereocenters. The maximum atomic E-state index is 14.5. The molecule has 4 aliphatic rings. The van der Waals surface area contributed by atoms with Crippen LogP contribution in [0.3, 0.4) is 0 Å². The van der Waals surface area contributed by atoms with E-state index in [1.807, 2.05) is 257 Å². The molecule has 0 saturated carbocycles. The molecule has 0 aromatic heterocycles. The number of rotatable bonds is 16. The second-order valence-corrected chi connectivity index (χ2v) is 26.2. The summed E-state index contributed by atoms with van der Waals surface area (Å²) in [5.74, 6) is -3.89. The summed E-state index contributed by atoms with van der Waals surface area (Å²) in [5, 5.41) is 17.6. The highest BCUT2D eigenvalue weighted by Crippen LogP contribution is 2.39. The summed E-state index contributed by atoms with van der Waals surface area (Å²) >= 11 is 11.7. The van der Waals surface area contributed by atoms with Crippen LogP contribution in [0.1, 0.15) is 95.3 Å². The van der Waals surface area contributed by atoms with Crippen LogP contribution in [0.25, 0.3) is 0 Å². The average Bonchev–Trinajstić information content (AvgIpc) is 1.70. The number of amides is 6. The molecule has 4 saturated heterocycles. The lowest BCUT2D eigenvalue weighted by molar-refractivity contribution is -0.193. The van der Waals surface area contributed by atoms with E-state index >= 15 is 0 Å². The van der Waals surface area contributed by atoms with E-state index in [-0.39, 0.29) is 101 Å². The predicted octanol–water partition coefficient (Wildman–Crippen LogP) is 9.66. The summed E-state index contributed by atoms with van der Waals surface area (Å²) in [6.45, 7) is 0.979. The maximum absolute atomic E-state index is 14.5. The van der Waals surface area contributed by atoms with Crippen molar-refractivity contribution in [3.63, 3.8) is 0 Å². The second-order valence-electron chi connectivity index (χ2n) is 19.7. The van der Waals surface area contributed by atoms with Crippen LogP contribution in [0, 0.1) is 21.4 Å². The molecule has 20 nitrogen and oxygen atoms in total. The Kier molecular flexibility index (Phi) is 22.8. The summed E-state index contributed by atoms with van der Waals surface area (Å²) < 4.78 is 49.7. The zero-order valence-electron chi connectivity index (χ0n) is 44.5. The summed E-state index contributed by atoms with van der Waals surface area (Å²) in [6.07, 6.45) is -3.29. The van der Waals surface area contributed by atoms with Gasteiger partial charge in [0, 0.05) is 29.4 Å². The normalized spacial score (nSPS) is 22.3. The first-order valence-corrected chi connectivity index (χ1v) is 33.0. The number of halogens is 6. The van der Waals surface area contributed by atoms with Gasteiger partial charge < -0.3 is 69.8 Å². The minimum absolute atomic E-state index is 0.0846. The monoisotopic (exact) mass is 1830 g/mol. The van der Waals surface area contributed by atoms with Crippen LogP contribution < -0.4 is 31.9 Å². The smallest absolute Gasteiger partial charge is 0.253 e. The number of ether oxygens (including phenoxy) is 8. The molecule has 6 amide bonds. The number of carbonyl (C=O) groups excluding carboxylic acids is 6. The van der Waals surface area contributed by atoms with Gasteiger partial charge in [-0.2, -0.15) is 0 Å². The van der Waals surface area contributed by atoms with E-state index in [4.69, 9.17) is 37.9 Å². The van der Waals surface area contributed by atoms with Crippen molar-refractivity contribution in [1.82, 2.24) is 21.3 Å². The number of benzene rings is 6. The fourth-order valence-electron chi connectivity index (χ4n) is 9.45. The van der Waals surface area contributed by atoms with Crippen molar-refractivity contribution < 1.29 is 66.7 Å². The Morgan fingerprint density at radius 1 is 0.318 bits per heavy atom. The summed E-state index contributed by atoms with van der Waals surface area (Å²) in [6, 6.07) is 35.3. The van der Waals surface area contributed by atoms with Gasteiger partial charge in [-0.05, 0) is 136 Å². The molecule has 0 bridgehead atoms. The Morgan fingerprint density at radius 2 is 0.518 bits per heavy atom. The van der Waals surface area contributed by atoms with Crippen molar-refractivity contribution in [3.05, 3.63) is 187 Å². The van der Waals surface area contributed by atoms with Gasteiger partial charge in [-0.15, -0.1) is 0 Å². The first-order chi connectivity index (χ1) is 41.1. The van der Waals surface area contributed by atoms with Gasteiger partial charge >= 0.3 is 0 Å². The molecule has 4 heterocycles. The zero-order chi connectivity index (χ0) is 59.7. The largest absolute Gasteiger partial charge is 0.346 e. The van der Waals surface area contributed by atoms with Crippen LogP contribution in [0.4, 0.5) is 11.4 Å². The predicted molar refractivity (Wildman–Crippen MR) is 360 cm³/mol. The van der Waals surface area contributed by atoms with Gasteiger partial charge in [0.25, 0.3) is 23.6 Å². The first kappa shape index (κ1) is 64.2. The molecule has 0 atom stereocenters. The molecule has 444 valence electrons. The molecule has 6 aromatic rings. The van der Waals surface area contributed by atoms with Gasteiger partial charge in [0.1, 0.15) is 6.42 Å². The molecular weight excluding hydrogens is 1780 g/mol. The molecule has 26 heteroatoms. The molecule has 6 N–H and O–H groups in total. The van der Waals surface area contributed by atoms with E-state index < -0.39 is 91.2 Å². The Morgan fingerprint density at radius 3 is 0.718 bits per heavy atom. The van der Waals surface area contributed by atoms with E-state index in [9.17, 15) is 28.8 Å². The van der Waals surface area contributed by atoms with Crippen molar-refractivity contribution in [2.75, 3.05) is 63.5 Å². The minimum Gasteiger partial charge on any atom is -0.346 e. The van der Waals surface area contributed by atoms with Gasteiger partial charge in [0.05, 0.1) is 125 Å². The molecule has 0 radical (unpaired) electrons. The summed E-state index contributed by atoms with van der Waals surface area (Å²) in [4.78, 5) is 86.6. The highest BCUT2D eigenvalue weighted by Gasteiger charge is 2.36. The molecule has 85 heavy (non-hydrogen) atoms. The van der Waals surface area contributed by atoms with Crippen LogP contribution in [0.15, 0.2) is 121 Å². The number of carbonyl (C=O) groups is 6. The molecule has 6 aromatic carbocycles. The Hall–Kier alpha value is -3.80. The lowest BCUT2D eigenvalue weighted by Gasteiger charge is -2.31. The standard InChI is InChI=1S/C59H52I6N6O14/c60-44-40(52(74)66-34-22-78-56(79-23-34)30-13-5-1-6-14-30)46(62)50(47(63)41(44)53(75)67-35-24-80-57(81-25-35)31-15-7-2-8-16-31)70-38(72)21-39(73)71-51-48(64)42(54(76)68-36-26-82-58(83-27-36)32-17-9-3-10-18-32)45(61)43(49(51)65)55(77)69-37-28-84-59(85-29-37)33-19-11-4-12-20-33/h1-20,34-37,56-59H,21-29H2,(H,66,74)(H,67,75)(H,68,76)(H,69,77)(H,70,72)(H,71,73). The lowest BCUT2D eigenvalue weighted by atomic mass is 10.1. The van der Waals surface area contributed by atoms with Crippen molar-refractivity contribution in [3.8, 4) is 0 Å². The van der Waals surface area contributed by atoms with Crippen molar-refractivity contribution >= 4 is 182 Å². The second kappa shape index (κ2) is 30.1. The Labute approximate surface area is 570 Å². The van der Waals surface area contributed by atoms with Gasteiger partial charge in [-0.1, -0.05) is 121 Å². The van der Waals surface area contributed by atoms with E-state index in [0.717, 1.165) is 22.3 Å². The highest BCUT2D eigenvalue weighted by atomic mass is 127. The number of nitrogens with one attached hydrogen (secondary N) is 6. The van der Waals surface area contributed by atoms with Crippen LogP contribution in [0.5, 0.6) is 0 Å². The molecule has 4 aliphatic heterocycles. The third-order valence-electron chi connectivity index (χ3n) is 13.6. The lowest BCUT2D eigenvalue weighted by Crippen LogP contribution is -2.46. The molecule has 0 aliphatic carbocycles. The summed E-state index contributed by atoms with van der Waals surface area (Å²) in [5.41, 5.74) is 3.83.